The van der Waals surface area contributed by atoms with Crippen LogP contribution in [0.5, 0.6) is 17.6 Å². The zero-order valence-electron chi connectivity index (χ0n) is 31.3. The Kier molecular flexibility index (Phi) is 9.36. The maximum Gasteiger partial charge on any atom is 0.471 e. The third-order valence-electron chi connectivity index (χ3n) is 11.8. The number of terminal acetylenes is 1. The van der Waals surface area contributed by atoms with Crippen molar-refractivity contribution in [3.63, 3.8) is 0 Å². The molecular weight excluding hydrogens is 761 g/mol. The van der Waals surface area contributed by atoms with Gasteiger partial charge in [-0.2, -0.15) is 23.1 Å². The average molecular weight is 801 g/mol. The summed E-state index contributed by atoms with van der Waals surface area (Å²) >= 11 is 0. The number of hydrogen-bond donors (Lipinski definition) is 1. The minimum Gasteiger partial charge on any atom is -0.508 e. The van der Waals surface area contributed by atoms with Crippen LogP contribution in [0.4, 0.5) is 36.6 Å². The number of likely N-dealkylation sites (tertiary alicyclic amines) is 1. The number of phenols is 1. The number of amides is 1. The highest BCUT2D eigenvalue weighted by Gasteiger charge is 2.55. The molecule has 302 valence electrons. The van der Waals surface area contributed by atoms with Gasteiger partial charge in [-0.15, -0.1) is 6.42 Å². The lowest BCUT2D eigenvalue weighted by molar-refractivity contribution is -0.199. The molecule has 2 saturated heterocycles. The van der Waals surface area contributed by atoms with Crippen molar-refractivity contribution < 1.29 is 50.1 Å². The summed E-state index contributed by atoms with van der Waals surface area (Å²) < 4.78 is 116. The third-order valence-corrected chi connectivity index (χ3v) is 11.8. The number of hydrogen-bond acceptors (Lipinski definition) is 9. The second-order valence-corrected chi connectivity index (χ2v) is 15.9. The fraction of sp³-hybridized carbons (Fsp3) is 0.500. The summed E-state index contributed by atoms with van der Waals surface area (Å²) in [4.78, 5) is 29.9. The normalized spacial score (nSPS) is 23.1. The van der Waals surface area contributed by atoms with Gasteiger partial charge >= 0.3 is 18.1 Å². The number of halogens is 7. The van der Waals surface area contributed by atoms with E-state index in [1.165, 1.54) is 37.5 Å². The van der Waals surface area contributed by atoms with Crippen molar-refractivity contribution in [2.24, 2.45) is 17.3 Å². The van der Waals surface area contributed by atoms with Crippen LogP contribution in [-0.2, 0) is 4.79 Å². The lowest BCUT2D eigenvalue weighted by Crippen LogP contribution is -2.67. The number of phenolic OH excluding ortho intramolecular Hbond substituents is 1. The van der Waals surface area contributed by atoms with Crippen molar-refractivity contribution >= 4 is 33.4 Å². The number of piperidine rings is 1. The van der Waals surface area contributed by atoms with Crippen LogP contribution in [0.25, 0.3) is 32.9 Å². The predicted molar refractivity (Wildman–Crippen MR) is 195 cm³/mol. The molecule has 4 unspecified atom stereocenters. The van der Waals surface area contributed by atoms with Crippen molar-refractivity contribution in [2.75, 3.05) is 51.3 Å². The topological polar surface area (TPSA) is 104 Å². The van der Waals surface area contributed by atoms with Crippen LogP contribution in [-0.4, -0.2) is 106 Å². The molecular formula is C40H39F7N6O4. The third kappa shape index (κ3) is 6.99. The number of benzene rings is 2. The standard InChI is InChI=1S/C40H39F7N6O4/c1-5-23-16-52(17-28(38(3,43)44)53(23)36(55)40(45,46)47)34-30-33(49-37(50-34)57-19-39(9-10-39)18-51-14-21-11-22(21)15-51)31(42)32(48-35(30)56-4)26-13-24(54)12-20-7-8-27(41)25(6-2)29(20)26/h2,7-8,12-13,21-23,28,54H,5,9-11,14-19H2,1,3-4H3. The molecule has 2 saturated carbocycles. The Balaban J connectivity index is 1.29. The summed E-state index contributed by atoms with van der Waals surface area (Å²) in [6, 6.07) is 0.917. The number of methoxy groups -OCH3 is 1. The molecule has 10 nitrogen and oxygen atoms in total. The van der Waals surface area contributed by atoms with E-state index in [-0.39, 0.29) is 74.1 Å². The van der Waals surface area contributed by atoms with Gasteiger partial charge in [0, 0.05) is 62.1 Å². The highest BCUT2D eigenvalue weighted by Crippen LogP contribution is 2.51. The van der Waals surface area contributed by atoms with Gasteiger partial charge in [0.1, 0.15) is 40.0 Å². The molecule has 2 aliphatic carbocycles. The van der Waals surface area contributed by atoms with Gasteiger partial charge < -0.3 is 29.3 Å². The highest BCUT2D eigenvalue weighted by atomic mass is 19.4. The van der Waals surface area contributed by atoms with Gasteiger partial charge in [-0.3, -0.25) is 4.79 Å². The van der Waals surface area contributed by atoms with E-state index in [1.807, 2.05) is 0 Å². The number of aromatic nitrogens is 3. The number of ether oxygens (including phenoxy) is 2. The summed E-state index contributed by atoms with van der Waals surface area (Å²) in [5, 5.41) is 10.8. The van der Waals surface area contributed by atoms with E-state index < -0.39 is 66.0 Å². The van der Waals surface area contributed by atoms with Crippen molar-refractivity contribution in [3.8, 4) is 41.2 Å². The number of rotatable bonds is 10. The van der Waals surface area contributed by atoms with Gasteiger partial charge in [0.05, 0.1) is 19.3 Å². The van der Waals surface area contributed by atoms with E-state index >= 15 is 17.6 Å². The first kappa shape index (κ1) is 38.7. The number of fused-ring (bicyclic) bond motifs is 3. The molecule has 4 aliphatic rings. The minimum atomic E-state index is -5.43. The van der Waals surface area contributed by atoms with Gasteiger partial charge in [-0.25, -0.2) is 22.5 Å². The first-order valence-corrected chi connectivity index (χ1v) is 18.7. The number of alkyl halides is 5. The molecule has 2 aliphatic heterocycles. The number of aromatic hydroxyl groups is 1. The van der Waals surface area contributed by atoms with Gasteiger partial charge in [0.2, 0.25) is 5.88 Å². The van der Waals surface area contributed by atoms with E-state index in [1.54, 1.807) is 0 Å². The van der Waals surface area contributed by atoms with E-state index in [9.17, 15) is 23.1 Å². The Morgan fingerprint density at radius 1 is 1.04 bits per heavy atom. The first-order chi connectivity index (χ1) is 26.9. The molecule has 4 fully saturated rings. The molecule has 1 N–H and O–H groups in total. The van der Waals surface area contributed by atoms with Gasteiger partial charge in [-0.05, 0) is 61.1 Å². The Morgan fingerprint density at radius 2 is 1.75 bits per heavy atom. The Hall–Kier alpha value is -5.11. The summed E-state index contributed by atoms with van der Waals surface area (Å²) in [6.45, 7) is 3.56. The monoisotopic (exact) mass is 800 g/mol. The van der Waals surface area contributed by atoms with Crippen molar-refractivity contribution in [1.82, 2.24) is 24.8 Å². The molecule has 1 amide bonds. The predicted octanol–water partition coefficient (Wildman–Crippen LogP) is 6.94. The molecule has 0 radical (unpaired) electrons. The molecule has 0 spiro atoms. The molecule has 17 heteroatoms. The second kappa shape index (κ2) is 13.8. The first-order valence-electron chi connectivity index (χ1n) is 18.7. The van der Waals surface area contributed by atoms with Gasteiger partial charge in [-0.1, -0.05) is 18.9 Å². The van der Waals surface area contributed by atoms with Crippen molar-refractivity contribution in [1.29, 1.82) is 0 Å². The van der Waals surface area contributed by atoms with Crippen LogP contribution in [0.2, 0.25) is 0 Å². The summed E-state index contributed by atoms with van der Waals surface area (Å²) in [5.41, 5.74) is -1.50. The number of pyridine rings is 1. The highest BCUT2D eigenvalue weighted by molar-refractivity contribution is 6.04. The minimum absolute atomic E-state index is 0.0494. The molecule has 4 heterocycles. The Morgan fingerprint density at radius 3 is 2.37 bits per heavy atom. The fourth-order valence-electron chi connectivity index (χ4n) is 8.64. The number of carbonyl (C=O) groups is 1. The summed E-state index contributed by atoms with van der Waals surface area (Å²) in [5.74, 6) is -5.32. The fourth-order valence-corrected chi connectivity index (χ4v) is 8.64. The van der Waals surface area contributed by atoms with Crippen molar-refractivity contribution in [3.05, 3.63) is 41.5 Å². The van der Waals surface area contributed by atoms with E-state index in [0.717, 1.165) is 44.6 Å². The zero-order valence-corrected chi connectivity index (χ0v) is 31.3. The molecule has 0 bridgehead atoms. The lowest BCUT2D eigenvalue weighted by Gasteiger charge is -2.48. The second-order valence-electron chi connectivity index (χ2n) is 15.9. The van der Waals surface area contributed by atoms with Crippen LogP contribution in [0.15, 0.2) is 24.3 Å². The van der Waals surface area contributed by atoms with Gasteiger partial charge in [0.15, 0.2) is 5.82 Å². The van der Waals surface area contributed by atoms with E-state index in [4.69, 9.17) is 15.9 Å². The quantitative estimate of drug-likeness (QED) is 0.135. The average Bonchev–Trinajstić information content (AvgIpc) is 4.07. The lowest BCUT2D eigenvalue weighted by atomic mass is 9.95. The van der Waals surface area contributed by atoms with Crippen LogP contribution < -0.4 is 14.4 Å². The van der Waals surface area contributed by atoms with Crippen LogP contribution in [0.3, 0.4) is 0 Å². The molecule has 4 aromatic rings. The molecule has 2 aromatic heterocycles. The van der Waals surface area contributed by atoms with Crippen LogP contribution >= 0.6 is 0 Å². The molecule has 2 aromatic carbocycles. The molecule has 57 heavy (non-hydrogen) atoms. The number of piperazine rings is 1. The molecule has 8 rings (SSSR count). The summed E-state index contributed by atoms with van der Waals surface area (Å²) in [6.07, 6.45) is 3.05. The van der Waals surface area contributed by atoms with Crippen LogP contribution in [0, 0.1) is 41.2 Å². The smallest absolute Gasteiger partial charge is 0.471 e. The number of carbonyl (C=O) groups excluding carboxylic acids is 1. The maximum atomic E-state index is 17.3. The van der Waals surface area contributed by atoms with E-state index in [2.05, 4.69) is 25.8 Å². The van der Waals surface area contributed by atoms with Crippen LogP contribution in [0.1, 0.15) is 45.1 Å². The number of nitrogens with zero attached hydrogens (tertiary/aromatic N) is 6. The van der Waals surface area contributed by atoms with E-state index in [0.29, 0.717) is 18.8 Å². The Labute approximate surface area is 323 Å². The maximum absolute atomic E-state index is 17.3. The number of anilines is 1. The van der Waals surface area contributed by atoms with Crippen molar-refractivity contribution in [2.45, 2.75) is 63.7 Å². The zero-order chi connectivity index (χ0) is 40.8. The molecule has 4 atom stereocenters. The largest absolute Gasteiger partial charge is 0.508 e. The Bertz CT molecular complexity index is 2320. The van der Waals surface area contributed by atoms with Gasteiger partial charge in [0.25, 0.3) is 5.92 Å². The summed E-state index contributed by atoms with van der Waals surface area (Å²) in [7, 11) is 1.20. The SMILES string of the molecule is C#Cc1c(F)ccc2cc(O)cc(-c3nc(OC)c4c(N5CC(CC)N(C(=O)C(F)(F)F)C(C(C)(F)F)C5)nc(OCC5(CN6CC7CC7C6)CC5)nc4c3F)c12.